The summed E-state index contributed by atoms with van der Waals surface area (Å²) in [6.45, 7) is 5.00. The molecule has 3 N–H and O–H groups in total. The van der Waals surface area contributed by atoms with Crippen LogP contribution in [0.15, 0.2) is 54.6 Å². The highest BCUT2D eigenvalue weighted by molar-refractivity contribution is 5.92. The van der Waals surface area contributed by atoms with Crippen LogP contribution in [-0.4, -0.2) is 67.5 Å². The fraction of sp³-hybridized carbons (Fsp3) is 0.464. The van der Waals surface area contributed by atoms with Crippen LogP contribution in [0.5, 0.6) is 5.75 Å². The molecule has 1 heterocycles. The fourth-order valence-corrected chi connectivity index (χ4v) is 4.23. The van der Waals surface area contributed by atoms with E-state index in [1.54, 1.807) is 14.0 Å². The van der Waals surface area contributed by atoms with Crippen LogP contribution in [0, 0.1) is 0 Å². The number of fused-ring (bicyclic) bond motifs is 1. The molecular weight excluding hydrogens is 456 g/mol. The van der Waals surface area contributed by atoms with Crippen molar-refractivity contribution in [2.75, 3.05) is 26.7 Å². The van der Waals surface area contributed by atoms with Crippen molar-refractivity contribution in [2.24, 2.45) is 0 Å². The number of nitrogens with zero attached hydrogens (tertiary/aromatic N) is 1. The predicted molar refractivity (Wildman–Crippen MR) is 140 cm³/mol. The maximum absolute atomic E-state index is 13.1. The number of nitrogens with one attached hydrogen (secondary N) is 3. The Labute approximate surface area is 213 Å². The molecular formula is C28H38N4O4. The van der Waals surface area contributed by atoms with E-state index in [0.29, 0.717) is 32.5 Å². The summed E-state index contributed by atoms with van der Waals surface area (Å²) in [5.41, 5.74) is 2.01. The number of hydrogen-bond donors (Lipinski definition) is 3. The van der Waals surface area contributed by atoms with Gasteiger partial charge in [0, 0.05) is 26.6 Å². The maximum atomic E-state index is 13.1. The van der Waals surface area contributed by atoms with Gasteiger partial charge in [0.15, 0.2) is 0 Å². The first-order valence-electron chi connectivity index (χ1n) is 12.7. The lowest BCUT2D eigenvalue weighted by Crippen LogP contribution is -2.56. The van der Waals surface area contributed by atoms with E-state index in [1.807, 2.05) is 61.5 Å². The van der Waals surface area contributed by atoms with Gasteiger partial charge in [-0.05, 0) is 43.4 Å². The van der Waals surface area contributed by atoms with Gasteiger partial charge in [-0.3, -0.25) is 14.4 Å². The average Bonchev–Trinajstić information content (AvgIpc) is 2.90. The molecule has 194 valence electrons. The number of likely N-dealkylation sites (N-methyl/N-ethyl adjacent to an activating group) is 1. The molecule has 3 atom stereocenters. The number of rotatable bonds is 3. The molecule has 0 saturated heterocycles. The second-order valence-electron chi connectivity index (χ2n) is 9.14. The van der Waals surface area contributed by atoms with E-state index in [2.05, 4.69) is 16.0 Å². The third-order valence-corrected chi connectivity index (χ3v) is 6.58. The molecule has 36 heavy (non-hydrogen) atoms. The van der Waals surface area contributed by atoms with Gasteiger partial charge in [0.05, 0.1) is 6.04 Å². The summed E-state index contributed by atoms with van der Waals surface area (Å²) in [5.74, 6) is 0.0269. The van der Waals surface area contributed by atoms with Gasteiger partial charge in [0.1, 0.15) is 24.4 Å². The van der Waals surface area contributed by atoms with Crippen molar-refractivity contribution < 1.29 is 19.1 Å². The van der Waals surface area contributed by atoms with Crippen LogP contribution >= 0.6 is 0 Å². The number of carbonyl (C=O) groups is 3. The number of carbonyl (C=O) groups excluding carboxylic acids is 3. The number of para-hydroxylation sites is 1. The smallest absolute Gasteiger partial charge is 0.243 e. The Morgan fingerprint density at radius 2 is 1.67 bits per heavy atom. The molecule has 2 aromatic rings. The summed E-state index contributed by atoms with van der Waals surface area (Å²) < 4.78 is 5.99. The van der Waals surface area contributed by atoms with Crippen molar-refractivity contribution in [3.8, 4) is 5.75 Å². The Morgan fingerprint density at radius 1 is 0.944 bits per heavy atom. The average molecular weight is 495 g/mol. The number of hydrogen-bond acceptors (Lipinski definition) is 5. The molecule has 2 aromatic carbocycles. The minimum atomic E-state index is -0.750. The fourth-order valence-electron chi connectivity index (χ4n) is 4.23. The third-order valence-electron chi connectivity index (χ3n) is 6.58. The Kier molecular flexibility index (Phi) is 10.3. The molecule has 0 aromatic heterocycles. The van der Waals surface area contributed by atoms with Gasteiger partial charge in [-0.2, -0.15) is 0 Å². The van der Waals surface area contributed by atoms with Crippen LogP contribution in [0.2, 0.25) is 0 Å². The lowest BCUT2D eigenvalue weighted by atomic mass is 10.0. The van der Waals surface area contributed by atoms with Crippen molar-refractivity contribution in [3.63, 3.8) is 0 Å². The van der Waals surface area contributed by atoms with Crippen molar-refractivity contribution in [1.29, 1.82) is 0 Å². The minimum absolute atomic E-state index is 0.175. The molecule has 0 bridgehead atoms. The van der Waals surface area contributed by atoms with Crippen molar-refractivity contribution in [1.82, 2.24) is 20.9 Å². The summed E-state index contributed by atoms with van der Waals surface area (Å²) >= 11 is 0. The summed E-state index contributed by atoms with van der Waals surface area (Å²) in [6.07, 6.45) is 2.42. The quantitative estimate of drug-likeness (QED) is 0.607. The van der Waals surface area contributed by atoms with Crippen LogP contribution in [0.4, 0.5) is 0 Å². The van der Waals surface area contributed by atoms with Crippen LogP contribution in [0.3, 0.4) is 0 Å². The Bertz CT molecular complexity index is 1010. The monoisotopic (exact) mass is 494 g/mol. The summed E-state index contributed by atoms with van der Waals surface area (Å²) in [5, 5.41) is 9.11. The van der Waals surface area contributed by atoms with Gasteiger partial charge >= 0.3 is 0 Å². The van der Waals surface area contributed by atoms with Crippen molar-refractivity contribution in [3.05, 3.63) is 65.7 Å². The highest BCUT2D eigenvalue weighted by Crippen LogP contribution is 2.19. The lowest BCUT2D eigenvalue weighted by molar-refractivity contribution is -0.140. The predicted octanol–water partition coefficient (Wildman–Crippen LogP) is 2.07. The Morgan fingerprint density at radius 3 is 2.42 bits per heavy atom. The van der Waals surface area contributed by atoms with E-state index in [9.17, 15) is 14.4 Å². The Balaban J connectivity index is 1.81. The molecule has 1 aliphatic heterocycles. The van der Waals surface area contributed by atoms with Gasteiger partial charge in [0.2, 0.25) is 17.7 Å². The molecule has 0 aliphatic carbocycles. The normalized spacial score (nSPS) is 22.9. The van der Waals surface area contributed by atoms with Gasteiger partial charge in [-0.25, -0.2) is 0 Å². The summed E-state index contributed by atoms with van der Waals surface area (Å²) in [4.78, 5) is 40.8. The molecule has 0 unspecified atom stereocenters. The molecule has 0 spiro atoms. The van der Waals surface area contributed by atoms with E-state index in [4.69, 9.17) is 4.74 Å². The number of aryl methyl sites for hydroxylation is 1. The third kappa shape index (κ3) is 7.55. The molecule has 0 radical (unpaired) electrons. The lowest BCUT2D eigenvalue weighted by Gasteiger charge is -2.30. The van der Waals surface area contributed by atoms with Gasteiger partial charge in [-0.1, -0.05) is 55.5 Å². The second-order valence-corrected chi connectivity index (χ2v) is 9.14. The summed E-state index contributed by atoms with van der Waals surface area (Å²) in [7, 11) is 1.62. The zero-order valence-electron chi connectivity index (χ0n) is 21.5. The van der Waals surface area contributed by atoms with Crippen LogP contribution in [-0.2, 0) is 27.2 Å². The topological polar surface area (TPSA) is 99.8 Å². The van der Waals surface area contributed by atoms with E-state index < -0.39 is 18.1 Å². The molecule has 8 nitrogen and oxygen atoms in total. The minimum Gasteiger partial charge on any atom is -0.492 e. The van der Waals surface area contributed by atoms with Crippen LogP contribution in [0.1, 0.15) is 37.8 Å². The molecule has 0 fully saturated rings. The van der Waals surface area contributed by atoms with Gasteiger partial charge in [-0.15, -0.1) is 0 Å². The highest BCUT2D eigenvalue weighted by atomic mass is 16.5. The van der Waals surface area contributed by atoms with E-state index in [-0.39, 0.29) is 17.7 Å². The van der Waals surface area contributed by atoms with Crippen LogP contribution < -0.4 is 20.7 Å². The van der Waals surface area contributed by atoms with Crippen LogP contribution in [0.25, 0.3) is 0 Å². The van der Waals surface area contributed by atoms with Crippen molar-refractivity contribution >= 4 is 17.7 Å². The van der Waals surface area contributed by atoms with Gasteiger partial charge in [0.25, 0.3) is 0 Å². The maximum Gasteiger partial charge on any atom is 0.243 e. The first-order chi connectivity index (χ1) is 17.4. The first-order valence-corrected chi connectivity index (χ1v) is 12.7. The number of benzene rings is 2. The molecule has 3 amide bonds. The molecule has 3 rings (SSSR count). The highest BCUT2D eigenvalue weighted by Gasteiger charge is 2.30. The Hall–Kier alpha value is -3.39. The van der Waals surface area contributed by atoms with Crippen molar-refractivity contribution in [2.45, 2.75) is 57.7 Å². The van der Waals surface area contributed by atoms with E-state index >= 15 is 0 Å². The van der Waals surface area contributed by atoms with Gasteiger partial charge < -0.3 is 25.6 Å². The first kappa shape index (κ1) is 27.2. The number of ether oxygens (including phenoxy) is 1. The zero-order valence-corrected chi connectivity index (χ0v) is 21.5. The summed E-state index contributed by atoms with van der Waals surface area (Å²) in [6, 6.07) is 15.5. The molecule has 8 heteroatoms. The van der Waals surface area contributed by atoms with E-state index in [1.165, 1.54) is 4.90 Å². The molecule has 0 saturated carbocycles. The second kappa shape index (κ2) is 13.6. The molecule has 1 aliphatic rings. The van der Waals surface area contributed by atoms with E-state index in [0.717, 1.165) is 29.7 Å². The largest absolute Gasteiger partial charge is 0.492 e. The zero-order chi connectivity index (χ0) is 25.9. The standard InChI is InChI=1S/C28H38N4O4/c1-4-23-28(35)32(3)20(2)26(33)31-24(19-21-11-6-5-7-12-21)27(34)30-16-10-14-22-13-8-9-15-25(22)36-18-17-29-23/h5-9,11-13,15,20,23-24,29H,4,10,14,16-19H2,1-3H3,(H,30,34)(H,31,33)/t20-,23+,24-/m1/s1. The number of amides is 3. The SMILES string of the molecule is CC[C@@H]1NCCOc2ccccc2CCCNC(=O)[C@@H](Cc2ccccc2)NC(=O)[C@@H](C)N(C)C1=O.